The first-order valence-corrected chi connectivity index (χ1v) is 5.86. The number of aromatic nitrogens is 1. The summed E-state index contributed by atoms with van der Waals surface area (Å²) < 4.78 is 51.6. The molecule has 0 aliphatic carbocycles. The van der Waals surface area contributed by atoms with Crippen LogP contribution < -0.4 is 4.73 Å². The average Bonchev–Trinajstić information content (AvgIpc) is 2.29. The molecule has 0 radical (unpaired) electrons. The summed E-state index contributed by atoms with van der Waals surface area (Å²) in [6.07, 6.45) is -3.72. The summed E-state index contributed by atoms with van der Waals surface area (Å²) in [5.74, 6) is -0.700. The van der Waals surface area contributed by atoms with Gasteiger partial charge in [-0.15, -0.1) is 0 Å². The highest BCUT2D eigenvalue weighted by Gasteiger charge is 2.32. The molecule has 2 aromatic rings. The normalized spacial score (nSPS) is 11.6. The van der Waals surface area contributed by atoms with Crippen molar-refractivity contribution < 1.29 is 27.5 Å². The minimum absolute atomic E-state index is 0.0411. The summed E-state index contributed by atoms with van der Waals surface area (Å²) in [5.41, 5.74) is -0.702. The Bertz CT molecular complexity index is 628. The van der Waals surface area contributed by atoms with E-state index in [4.69, 9.17) is 0 Å². The molecule has 0 fully saturated rings. The van der Waals surface area contributed by atoms with Crippen molar-refractivity contribution >= 4 is 15.9 Å². The maximum Gasteiger partial charge on any atom is 0.416 e. The number of rotatable bonds is 1. The van der Waals surface area contributed by atoms with Gasteiger partial charge in [0.25, 0.3) is 11.9 Å². The number of halogens is 5. The summed E-state index contributed by atoms with van der Waals surface area (Å²) in [6.45, 7) is 0. The maximum absolute atomic E-state index is 12.9. The van der Waals surface area contributed by atoms with Crippen LogP contribution in [0.5, 0.6) is 0 Å². The molecule has 2 nitrogen and oxygen atoms in total. The number of alkyl halides is 3. The molecule has 0 unspecified atom stereocenters. The van der Waals surface area contributed by atoms with E-state index in [1.807, 2.05) is 0 Å². The molecular weight excluding hydrogens is 330 g/mol. The van der Waals surface area contributed by atoms with Gasteiger partial charge in [0.05, 0.1) is 11.1 Å². The molecule has 0 bridgehead atoms. The third-order valence-electron chi connectivity index (χ3n) is 2.46. The molecule has 2 rings (SSSR count). The van der Waals surface area contributed by atoms with Crippen LogP contribution in [-0.4, -0.2) is 5.21 Å². The lowest BCUT2D eigenvalue weighted by Crippen LogP contribution is -2.33. The van der Waals surface area contributed by atoms with E-state index in [0.29, 0.717) is 9.20 Å². The summed E-state index contributed by atoms with van der Waals surface area (Å²) in [4.78, 5) is 0. The van der Waals surface area contributed by atoms with Crippen LogP contribution >= 0.6 is 15.9 Å². The number of hydrogen-bond acceptors (Lipinski definition) is 1. The first-order chi connectivity index (χ1) is 8.79. The van der Waals surface area contributed by atoms with Crippen LogP contribution in [0.3, 0.4) is 0 Å². The molecule has 7 heteroatoms. The predicted octanol–water partition coefficient (Wildman–Crippen LogP) is 3.80. The average molecular weight is 337 g/mol. The molecule has 19 heavy (non-hydrogen) atoms. The SMILES string of the molecule is O[n+]1cc(F)ccc1-c1cc(C(F)(F)F)ccc1Br. The highest BCUT2D eigenvalue weighted by Crippen LogP contribution is 2.35. The Balaban J connectivity index is 2.61. The van der Waals surface area contributed by atoms with Crippen molar-refractivity contribution in [2.75, 3.05) is 0 Å². The van der Waals surface area contributed by atoms with Gasteiger partial charge in [-0.2, -0.15) is 13.2 Å². The standard InChI is InChI=1S/C12H7BrF4NO/c13-10-3-1-7(12(15,16)17)5-9(10)11-4-2-8(14)6-18(11)19/h1-6,19H/q+1. The Morgan fingerprint density at radius 1 is 1.11 bits per heavy atom. The van der Waals surface area contributed by atoms with Crippen LogP contribution in [0, 0.1) is 5.82 Å². The predicted molar refractivity (Wildman–Crippen MR) is 61.9 cm³/mol. The van der Waals surface area contributed by atoms with E-state index in [1.165, 1.54) is 12.1 Å². The van der Waals surface area contributed by atoms with E-state index < -0.39 is 17.6 Å². The number of benzene rings is 1. The largest absolute Gasteiger partial charge is 0.416 e. The van der Waals surface area contributed by atoms with E-state index >= 15 is 0 Å². The summed E-state index contributed by atoms with van der Waals surface area (Å²) in [6, 6.07) is 5.26. The quantitative estimate of drug-likeness (QED) is 0.478. The molecule has 1 aromatic carbocycles. The third-order valence-corrected chi connectivity index (χ3v) is 3.15. The maximum atomic E-state index is 12.9. The van der Waals surface area contributed by atoms with Gasteiger partial charge in [0.15, 0.2) is 5.82 Å². The monoisotopic (exact) mass is 336 g/mol. The number of nitrogens with zero attached hydrogens (tertiary/aromatic N) is 1. The molecule has 0 spiro atoms. The van der Waals surface area contributed by atoms with Gasteiger partial charge >= 0.3 is 6.18 Å². The van der Waals surface area contributed by atoms with E-state index in [9.17, 15) is 22.8 Å². The van der Waals surface area contributed by atoms with Gasteiger partial charge in [0.1, 0.15) is 0 Å². The molecule has 1 heterocycles. The molecule has 0 amide bonds. The van der Waals surface area contributed by atoms with Crippen molar-refractivity contribution in [1.82, 2.24) is 0 Å². The van der Waals surface area contributed by atoms with Crippen LogP contribution in [0.15, 0.2) is 41.0 Å². The zero-order chi connectivity index (χ0) is 14.2. The van der Waals surface area contributed by atoms with Crippen molar-refractivity contribution in [1.29, 1.82) is 0 Å². The van der Waals surface area contributed by atoms with Gasteiger partial charge in [-0.3, -0.25) is 5.21 Å². The van der Waals surface area contributed by atoms with Gasteiger partial charge in [-0.1, -0.05) is 0 Å². The van der Waals surface area contributed by atoms with E-state index in [-0.39, 0.29) is 11.3 Å². The van der Waals surface area contributed by atoms with Crippen LogP contribution in [0.2, 0.25) is 0 Å². The number of pyridine rings is 1. The summed E-state index contributed by atoms with van der Waals surface area (Å²) >= 11 is 3.10. The Hall–Kier alpha value is -1.63. The van der Waals surface area contributed by atoms with Crippen molar-refractivity contribution in [2.24, 2.45) is 0 Å². The topological polar surface area (TPSA) is 24.1 Å². The second kappa shape index (κ2) is 4.80. The van der Waals surface area contributed by atoms with Crippen LogP contribution in [0.1, 0.15) is 5.56 Å². The summed E-state index contributed by atoms with van der Waals surface area (Å²) in [5, 5.41) is 9.54. The fourth-order valence-electron chi connectivity index (χ4n) is 1.58. The highest BCUT2D eigenvalue weighted by atomic mass is 79.9. The molecule has 0 aliphatic rings. The molecule has 1 N–H and O–H groups in total. The molecule has 1 aromatic heterocycles. The van der Waals surface area contributed by atoms with E-state index in [1.54, 1.807) is 0 Å². The second-order valence-electron chi connectivity index (χ2n) is 3.77. The highest BCUT2D eigenvalue weighted by molar-refractivity contribution is 9.10. The van der Waals surface area contributed by atoms with Gasteiger partial charge in [-0.25, -0.2) is 4.39 Å². The van der Waals surface area contributed by atoms with Crippen molar-refractivity contribution in [2.45, 2.75) is 6.18 Å². The minimum Gasteiger partial charge on any atom is -0.284 e. The molecular formula is C12H7BrF4NO+. The Morgan fingerprint density at radius 3 is 2.37 bits per heavy atom. The molecule has 100 valence electrons. The van der Waals surface area contributed by atoms with Crippen LogP contribution in [0.25, 0.3) is 11.3 Å². The van der Waals surface area contributed by atoms with Gasteiger partial charge in [-0.05, 0) is 40.2 Å². The zero-order valence-corrected chi connectivity index (χ0v) is 10.8. The zero-order valence-electron chi connectivity index (χ0n) is 9.25. The minimum atomic E-state index is -4.49. The fourth-order valence-corrected chi connectivity index (χ4v) is 2.03. The van der Waals surface area contributed by atoms with Crippen molar-refractivity contribution in [3.8, 4) is 11.3 Å². The first kappa shape index (κ1) is 13.8. The van der Waals surface area contributed by atoms with Crippen LogP contribution in [0.4, 0.5) is 17.6 Å². The Kier molecular flexibility index (Phi) is 3.49. The Labute approximate surface area is 114 Å². The van der Waals surface area contributed by atoms with Gasteiger partial charge in [0, 0.05) is 15.3 Å². The van der Waals surface area contributed by atoms with Crippen LogP contribution in [-0.2, 0) is 6.18 Å². The number of hydrogen-bond donors (Lipinski definition) is 1. The van der Waals surface area contributed by atoms with Crippen molar-refractivity contribution in [3.63, 3.8) is 0 Å². The third kappa shape index (κ3) is 2.86. The van der Waals surface area contributed by atoms with E-state index in [0.717, 1.165) is 24.4 Å². The Morgan fingerprint density at radius 2 is 1.79 bits per heavy atom. The van der Waals surface area contributed by atoms with Crippen molar-refractivity contribution in [3.05, 3.63) is 52.4 Å². The second-order valence-corrected chi connectivity index (χ2v) is 4.62. The van der Waals surface area contributed by atoms with Gasteiger partial charge < -0.3 is 0 Å². The lowest BCUT2D eigenvalue weighted by atomic mass is 10.1. The fraction of sp³-hybridized carbons (Fsp3) is 0.0833. The van der Waals surface area contributed by atoms with Gasteiger partial charge in [0.2, 0.25) is 0 Å². The smallest absolute Gasteiger partial charge is 0.284 e. The molecule has 0 aliphatic heterocycles. The summed E-state index contributed by atoms with van der Waals surface area (Å²) in [7, 11) is 0. The molecule has 0 atom stereocenters. The first-order valence-electron chi connectivity index (χ1n) is 5.06. The molecule has 0 saturated heterocycles. The lowest BCUT2D eigenvalue weighted by molar-refractivity contribution is -0.897. The lowest BCUT2D eigenvalue weighted by Gasteiger charge is -2.08. The van der Waals surface area contributed by atoms with E-state index in [2.05, 4.69) is 15.9 Å². The molecule has 0 saturated carbocycles.